The van der Waals surface area contributed by atoms with Crippen LogP contribution in [0.2, 0.25) is 0 Å². The molecule has 1 aromatic carbocycles. The number of hydrogen-bond donors (Lipinski definition) is 0. The molecule has 8 heteroatoms. The summed E-state index contributed by atoms with van der Waals surface area (Å²) in [4.78, 5) is 52.9. The molecule has 1 aromatic rings. The number of ketones is 1. The fourth-order valence-electron chi connectivity index (χ4n) is 7.55. The van der Waals surface area contributed by atoms with E-state index in [-0.39, 0.29) is 35.9 Å². The van der Waals surface area contributed by atoms with E-state index in [9.17, 15) is 19.2 Å². The van der Waals surface area contributed by atoms with Crippen molar-refractivity contribution in [3.05, 3.63) is 47.5 Å². The third kappa shape index (κ3) is 5.00. The van der Waals surface area contributed by atoms with Gasteiger partial charge in [-0.3, -0.25) is 19.2 Å². The first-order valence-electron chi connectivity index (χ1n) is 14.3. The van der Waals surface area contributed by atoms with E-state index < -0.39 is 47.2 Å². The first kappa shape index (κ1) is 28.5. The third-order valence-electron chi connectivity index (χ3n) is 9.71. The Morgan fingerprint density at radius 3 is 2.33 bits per heavy atom. The Morgan fingerprint density at radius 2 is 1.73 bits per heavy atom. The molecule has 0 bridgehead atoms. The van der Waals surface area contributed by atoms with Crippen LogP contribution in [-0.4, -0.2) is 53.7 Å². The number of Topliss-reactive ketones (excluding diaryl/α,β-unsaturated/α-hetero) is 1. The highest BCUT2D eigenvalue weighted by molar-refractivity contribution is 6.03. The second-order valence-corrected chi connectivity index (χ2v) is 12.9. The van der Waals surface area contributed by atoms with Crippen LogP contribution in [0.3, 0.4) is 0 Å². The van der Waals surface area contributed by atoms with Crippen molar-refractivity contribution in [1.82, 2.24) is 0 Å². The SMILES string of the molecule is CC(=O)OC1C2C(OC(=O)Cc3ccccc3)C(C)CC2(OC(C)=O)C(=O)/C(C)=C/C2C(CCC13CO3)C2(C)C. The minimum atomic E-state index is -1.68. The van der Waals surface area contributed by atoms with Gasteiger partial charge in [0.25, 0.3) is 0 Å². The molecule has 3 aliphatic carbocycles. The number of carbonyl (C=O) groups is 4. The lowest BCUT2D eigenvalue weighted by Gasteiger charge is -2.41. The summed E-state index contributed by atoms with van der Waals surface area (Å²) in [5.74, 6) is -2.72. The summed E-state index contributed by atoms with van der Waals surface area (Å²) >= 11 is 0. The Hall–Kier alpha value is -3.00. The van der Waals surface area contributed by atoms with Crippen molar-refractivity contribution >= 4 is 23.7 Å². The van der Waals surface area contributed by atoms with Crippen LogP contribution in [0.25, 0.3) is 0 Å². The topological polar surface area (TPSA) is 108 Å². The lowest BCUT2D eigenvalue weighted by atomic mass is 9.74. The van der Waals surface area contributed by atoms with Gasteiger partial charge in [0, 0.05) is 20.3 Å². The van der Waals surface area contributed by atoms with Gasteiger partial charge in [-0.05, 0) is 54.1 Å². The average molecular weight is 553 g/mol. The lowest BCUT2D eigenvalue weighted by molar-refractivity contribution is -0.190. The molecule has 4 aliphatic rings. The van der Waals surface area contributed by atoms with E-state index >= 15 is 0 Å². The summed E-state index contributed by atoms with van der Waals surface area (Å²) < 4.78 is 24.2. The lowest BCUT2D eigenvalue weighted by Crippen LogP contribution is -2.58. The summed E-state index contributed by atoms with van der Waals surface area (Å²) in [5.41, 5.74) is -1.22. The molecule has 1 heterocycles. The summed E-state index contributed by atoms with van der Waals surface area (Å²) in [6, 6.07) is 9.25. The predicted octanol–water partition coefficient (Wildman–Crippen LogP) is 4.38. The van der Waals surface area contributed by atoms with Crippen LogP contribution >= 0.6 is 0 Å². The summed E-state index contributed by atoms with van der Waals surface area (Å²) in [6.07, 6.45) is 1.85. The molecule has 2 saturated carbocycles. The molecule has 0 N–H and O–H groups in total. The maximum Gasteiger partial charge on any atom is 0.310 e. The van der Waals surface area contributed by atoms with Gasteiger partial charge >= 0.3 is 17.9 Å². The second-order valence-electron chi connectivity index (χ2n) is 12.9. The van der Waals surface area contributed by atoms with Gasteiger partial charge in [0.1, 0.15) is 17.8 Å². The van der Waals surface area contributed by atoms with Crippen LogP contribution in [0.1, 0.15) is 66.4 Å². The molecule has 5 rings (SSSR count). The van der Waals surface area contributed by atoms with Crippen molar-refractivity contribution in [1.29, 1.82) is 0 Å². The van der Waals surface area contributed by atoms with Gasteiger partial charge < -0.3 is 18.9 Å². The summed E-state index contributed by atoms with van der Waals surface area (Å²) in [6.45, 7) is 11.0. The van der Waals surface area contributed by atoms with Crippen molar-refractivity contribution in [2.45, 2.75) is 90.6 Å². The zero-order chi connectivity index (χ0) is 29.0. The molecule has 0 aromatic heterocycles. The quantitative estimate of drug-likeness (QED) is 0.301. The molecule has 0 amide bonds. The van der Waals surface area contributed by atoms with Crippen LogP contribution in [0.15, 0.2) is 42.0 Å². The van der Waals surface area contributed by atoms with Crippen molar-refractivity contribution in [3.63, 3.8) is 0 Å². The Balaban J connectivity index is 1.61. The molecule has 8 nitrogen and oxygen atoms in total. The molecule has 216 valence electrons. The highest BCUT2D eigenvalue weighted by atomic mass is 16.6. The Labute approximate surface area is 235 Å². The smallest absolute Gasteiger partial charge is 0.310 e. The van der Waals surface area contributed by atoms with Crippen LogP contribution in [0.5, 0.6) is 0 Å². The number of epoxide rings is 1. The van der Waals surface area contributed by atoms with E-state index in [4.69, 9.17) is 18.9 Å². The monoisotopic (exact) mass is 552 g/mol. The molecule has 40 heavy (non-hydrogen) atoms. The van der Waals surface area contributed by atoms with Crippen LogP contribution in [0.4, 0.5) is 0 Å². The average Bonchev–Trinajstić information content (AvgIpc) is 3.73. The maximum absolute atomic E-state index is 14.5. The van der Waals surface area contributed by atoms with E-state index in [0.717, 1.165) is 12.0 Å². The van der Waals surface area contributed by atoms with E-state index in [2.05, 4.69) is 13.8 Å². The highest BCUT2D eigenvalue weighted by Gasteiger charge is 2.71. The van der Waals surface area contributed by atoms with Crippen LogP contribution in [0, 0.1) is 29.1 Å². The van der Waals surface area contributed by atoms with Crippen molar-refractivity contribution in [3.8, 4) is 0 Å². The van der Waals surface area contributed by atoms with Gasteiger partial charge in [0.2, 0.25) is 5.78 Å². The Morgan fingerprint density at radius 1 is 1.05 bits per heavy atom. The number of rotatable bonds is 5. The minimum absolute atomic E-state index is 0.0141. The fraction of sp³-hybridized carbons (Fsp3) is 0.625. The number of fused-ring (bicyclic) bond motifs is 2. The van der Waals surface area contributed by atoms with Gasteiger partial charge in [-0.1, -0.05) is 57.2 Å². The third-order valence-corrected chi connectivity index (χ3v) is 9.71. The van der Waals surface area contributed by atoms with Gasteiger partial charge in [0.05, 0.1) is 18.9 Å². The van der Waals surface area contributed by atoms with Crippen LogP contribution < -0.4 is 0 Å². The Kier molecular flexibility index (Phi) is 7.22. The first-order chi connectivity index (χ1) is 18.8. The predicted molar refractivity (Wildman–Crippen MR) is 145 cm³/mol. The molecule has 1 aliphatic heterocycles. The number of ether oxygens (including phenoxy) is 4. The Bertz CT molecular complexity index is 1230. The normalized spacial score (nSPS) is 39.0. The molecule has 1 spiro atoms. The maximum atomic E-state index is 14.5. The zero-order valence-electron chi connectivity index (χ0n) is 24.2. The highest BCUT2D eigenvalue weighted by Crippen LogP contribution is 2.64. The van der Waals surface area contributed by atoms with Crippen molar-refractivity contribution in [2.75, 3.05) is 6.61 Å². The summed E-state index contributed by atoms with van der Waals surface area (Å²) in [5, 5.41) is 0. The van der Waals surface area contributed by atoms with Crippen molar-refractivity contribution < 1.29 is 38.1 Å². The molecule has 3 fully saturated rings. The number of carbonyl (C=O) groups excluding carboxylic acids is 4. The number of allylic oxidation sites excluding steroid dienone is 1. The van der Waals surface area contributed by atoms with E-state index in [0.29, 0.717) is 24.5 Å². The fourth-order valence-corrected chi connectivity index (χ4v) is 7.55. The molecule has 8 unspecified atom stereocenters. The molecule has 0 radical (unpaired) electrons. The van der Waals surface area contributed by atoms with E-state index in [1.54, 1.807) is 6.92 Å². The standard InChI is InChI=1S/C32H40O8/c1-18-14-24-23(30(24,5)6)12-13-31(17-37-31)29(38-20(3)33)26-27(39-25(35)15-22-10-8-7-9-11-22)19(2)16-32(26,28(18)36)40-21(4)34/h7-11,14,19,23-24,26-27,29H,12-13,15-17H2,1-6H3/b18-14+. The zero-order valence-corrected chi connectivity index (χ0v) is 24.2. The van der Waals surface area contributed by atoms with Gasteiger partial charge in [-0.15, -0.1) is 0 Å². The first-order valence-corrected chi connectivity index (χ1v) is 14.3. The van der Waals surface area contributed by atoms with Gasteiger partial charge in [-0.2, -0.15) is 0 Å². The van der Waals surface area contributed by atoms with E-state index in [1.807, 2.05) is 43.3 Å². The summed E-state index contributed by atoms with van der Waals surface area (Å²) in [7, 11) is 0. The van der Waals surface area contributed by atoms with E-state index in [1.165, 1.54) is 13.8 Å². The van der Waals surface area contributed by atoms with Gasteiger partial charge in [-0.25, -0.2) is 0 Å². The van der Waals surface area contributed by atoms with Crippen LogP contribution in [-0.2, 0) is 44.5 Å². The number of benzene rings is 1. The molecular formula is C32H40O8. The number of esters is 3. The second kappa shape index (κ2) is 10.1. The van der Waals surface area contributed by atoms with Crippen molar-refractivity contribution in [2.24, 2.45) is 29.1 Å². The number of hydrogen-bond acceptors (Lipinski definition) is 8. The molecule has 1 saturated heterocycles. The minimum Gasteiger partial charge on any atom is -0.461 e. The van der Waals surface area contributed by atoms with Gasteiger partial charge in [0.15, 0.2) is 5.60 Å². The largest absolute Gasteiger partial charge is 0.461 e. The molecular weight excluding hydrogens is 512 g/mol. The molecule has 8 atom stereocenters.